The fraction of sp³-hybridized carbons (Fsp3) is 0.529. The van der Waals surface area contributed by atoms with Gasteiger partial charge in [-0.15, -0.1) is 11.3 Å². The van der Waals surface area contributed by atoms with E-state index >= 15 is 0 Å². The number of carbonyl (C=O) groups is 2. The standard InChI is InChI=1S/C17H23N5O2S/c1-10-15(25-9-18-10)4-5-17(24)19-16-8-14(20-21-16)12-6-13(7-12)22(3)11(2)23/h8-9,12-13H,4-7H2,1-3H3,(H2,19,20,21,24). The number of nitrogens with one attached hydrogen (secondary N) is 2. The van der Waals surface area contributed by atoms with Crippen molar-refractivity contribution < 1.29 is 9.59 Å². The zero-order valence-corrected chi connectivity index (χ0v) is 15.5. The number of thiazole rings is 1. The SMILES string of the molecule is CC(=O)N(C)C1CC(c2cc(NC(=O)CCc3scnc3C)n[nH]2)C1. The number of hydrogen-bond acceptors (Lipinski definition) is 5. The monoisotopic (exact) mass is 361 g/mol. The van der Waals surface area contributed by atoms with Gasteiger partial charge in [0.2, 0.25) is 11.8 Å². The van der Waals surface area contributed by atoms with Gasteiger partial charge in [-0.3, -0.25) is 14.7 Å². The first-order valence-corrected chi connectivity index (χ1v) is 9.29. The number of nitrogens with zero attached hydrogens (tertiary/aromatic N) is 3. The summed E-state index contributed by atoms with van der Waals surface area (Å²) in [5, 5.41) is 10.0. The lowest BCUT2D eigenvalue weighted by molar-refractivity contribution is -0.131. The Labute approximate surface area is 150 Å². The summed E-state index contributed by atoms with van der Waals surface area (Å²) in [5.41, 5.74) is 3.81. The number of aromatic nitrogens is 3. The topological polar surface area (TPSA) is 91.0 Å². The van der Waals surface area contributed by atoms with Crippen LogP contribution in [0.3, 0.4) is 0 Å². The smallest absolute Gasteiger partial charge is 0.225 e. The summed E-state index contributed by atoms with van der Waals surface area (Å²) in [4.78, 5) is 30.6. The molecule has 0 atom stereocenters. The van der Waals surface area contributed by atoms with E-state index in [1.54, 1.807) is 28.7 Å². The van der Waals surface area contributed by atoms with Crippen LogP contribution in [0.1, 0.15) is 48.4 Å². The number of amides is 2. The van der Waals surface area contributed by atoms with Crippen molar-refractivity contribution in [2.24, 2.45) is 0 Å². The van der Waals surface area contributed by atoms with Gasteiger partial charge in [0.25, 0.3) is 0 Å². The van der Waals surface area contributed by atoms with Crippen molar-refractivity contribution in [3.63, 3.8) is 0 Å². The normalized spacial score (nSPS) is 19.3. The molecule has 0 aromatic carbocycles. The highest BCUT2D eigenvalue weighted by atomic mass is 32.1. The lowest BCUT2D eigenvalue weighted by Crippen LogP contribution is -2.43. The van der Waals surface area contributed by atoms with Crippen molar-refractivity contribution in [3.8, 4) is 0 Å². The molecule has 134 valence electrons. The molecule has 3 rings (SSSR count). The molecular weight excluding hydrogens is 338 g/mol. The molecule has 8 heteroatoms. The minimum Gasteiger partial charge on any atom is -0.343 e. The maximum absolute atomic E-state index is 12.1. The van der Waals surface area contributed by atoms with Gasteiger partial charge in [0.15, 0.2) is 5.82 Å². The Hall–Kier alpha value is -2.22. The lowest BCUT2D eigenvalue weighted by atomic mass is 9.77. The Kier molecular flexibility index (Phi) is 5.17. The van der Waals surface area contributed by atoms with E-state index in [0.717, 1.165) is 29.1 Å². The maximum Gasteiger partial charge on any atom is 0.225 e. The zero-order valence-electron chi connectivity index (χ0n) is 14.7. The number of hydrogen-bond donors (Lipinski definition) is 2. The molecule has 1 aliphatic carbocycles. The molecule has 2 N–H and O–H groups in total. The van der Waals surface area contributed by atoms with E-state index in [9.17, 15) is 9.59 Å². The minimum atomic E-state index is -0.0475. The molecule has 1 aliphatic rings. The molecule has 2 aromatic rings. The molecule has 0 spiro atoms. The predicted octanol–water partition coefficient (Wildman–Crippen LogP) is 2.47. The molecule has 0 radical (unpaired) electrons. The Morgan fingerprint density at radius 2 is 2.20 bits per heavy atom. The Bertz CT molecular complexity index is 763. The van der Waals surface area contributed by atoms with Crippen LogP contribution in [0, 0.1) is 6.92 Å². The van der Waals surface area contributed by atoms with Crippen LogP contribution in [0.5, 0.6) is 0 Å². The largest absolute Gasteiger partial charge is 0.343 e. The fourth-order valence-corrected chi connectivity index (χ4v) is 3.80. The summed E-state index contributed by atoms with van der Waals surface area (Å²) in [6, 6.07) is 2.19. The van der Waals surface area contributed by atoms with Crippen LogP contribution in [0.4, 0.5) is 5.82 Å². The van der Waals surface area contributed by atoms with E-state index in [4.69, 9.17) is 0 Å². The molecule has 0 aliphatic heterocycles. The van der Waals surface area contributed by atoms with Crippen LogP contribution in [0.15, 0.2) is 11.6 Å². The van der Waals surface area contributed by atoms with Gasteiger partial charge in [-0.05, 0) is 26.2 Å². The van der Waals surface area contributed by atoms with Crippen molar-refractivity contribution in [3.05, 3.63) is 27.8 Å². The first-order chi connectivity index (χ1) is 11.9. The molecule has 0 saturated heterocycles. The second-order valence-corrected chi connectivity index (χ2v) is 7.51. The van der Waals surface area contributed by atoms with Crippen LogP contribution >= 0.6 is 11.3 Å². The van der Waals surface area contributed by atoms with Crippen LogP contribution in [0.25, 0.3) is 0 Å². The van der Waals surface area contributed by atoms with Gasteiger partial charge in [0.1, 0.15) is 0 Å². The van der Waals surface area contributed by atoms with Crippen molar-refractivity contribution in [2.45, 2.75) is 51.5 Å². The highest BCUT2D eigenvalue weighted by Crippen LogP contribution is 2.39. The second-order valence-electron chi connectivity index (χ2n) is 6.57. The number of aromatic amines is 1. The van der Waals surface area contributed by atoms with Crippen LogP contribution < -0.4 is 5.32 Å². The summed E-state index contributed by atoms with van der Waals surface area (Å²) in [6.45, 7) is 3.55. The van der Waals surface area contributed by atoms with Crippen LogP contribution in [-0.4, -0.2) is 45.0 Å². The average molecular weight is 361 g/mol. The van der Waals surface area contributed by atoms with E-state index in [1.165, 1.54) is 0 Å². The average Bonchev–Trinajstić information content (AvgIpc) is 3.13. The molecular formula is C17H23N5O2S. The molecule has 2 amide bonds. The number of anilines is 1. The Morgan fingerprint density at radius 1 is 1.44 bits per heavy atom. The van der Waals surface area contributed by atoms with Gasteiger partial charge in [-0.1, -0.05) is 0 Å². The molecule has 1 fully saturated rings. The Balaban J connectivity index is 1.47. The van der Waals surface area contributed by atoms with Gasteiger partial charge in [0, 0.05) is 49.0 Å². The quantitative estimate of drug-likeness (QED) is 0.827. The van der Waals surface area contributed by atoms with E-state index in [-0.39, 0.29) is 11.8 Å². The summed E-state index contributed by atoms with van der Waals surface area (Å²) in [7, 11) is 1.84. The van der Waals surface area contributed by atoms with Gasteiger partial charge in [-0.2, -0.15) is 5.10 Å². The zero-order chi connectivity index (χ0) is 18.0. The van der Waals surface area contributed by atoms with Crippen LogP contribution in [-0.2, 0) is 16.0 Å². The molecule has 0 bridgehead atoms. The van der Waals surface area contributed by atoms with Gasteiger partial charge < -0.3 is 10.2 Å². The summed E-state index contributed by atoms with van der Waals surface area (Å²) in [5.74, 6) is 0.972. The molecule has 7 nitrogen and oxygen atoms in total. The first-order valence-electron chi connectivity index (χ1n) is 8.41. The Morgan fingerprint density at radius 3 is 2.84 bits per heavy atom. The van der Waals surface area contributed by atoms with E-state index in [2.05, 4.69) is 20.5 Å². The third kappa shape index (κ3) is 4.07. The number of rotatable bonds is 6. The van der Waals surface area contributed by atoms with E-state index in [1.807, 2.05) is 20.0 Å². The molecule has 2 heterocycles. The fourth-order valence-electron chi connectivity index (χ4n) is 3.02. The third-order valence-corrected chi connectivity index (χ3v) is 5.88. The van der Waals surface area contributed by atoms with Crippen LogP contribution in [0.2, 0.25) is 0 Å². The van der Waals surface area contributed by atoms with Gasteiger partial charge in [0.05, 0.1) is 11.2 Å². The summed E-state index contributed by atoms with van der Waals surface area (Å²) >= 11 is 1.58. The van der Waals surface area contributed by atoms with Gasteiger partial charge in [-0.25, -0.2) is 4.98 Å². The molecule has 25 heavy (non-hydrogen) atoms. The third-order valence-electron chi connectivity index (χ3n) is 4.89. The van der Waals surface area contributed by atoms with E-state index in [0.29, 0.717) is 30.6 Å². The van der Waals surface area contributed by atoms with Gasteiger partial charge >= 0.3 is 0 Å². The number of carbonyl (C=O) groups excluding carboxylic acids is 2. The number of H-pyrrole nitrogens is 1. The van der Waals surface area contributed by atoms with E-state index < -0.39 is 0 Å². The molecule has 1 saturated carbocycles. The lowest BCUT2D eigenvalue weighted by Gasteiger charge is -2.40. The van der Waals surface area contributed by atoms with Crippen molar-refractivity contribution in [1.82, 2.24) is 20.1 Å². The van der Waals surface area contributed by atoms with Crippen molar-refractivity contribution in [1.29, 1.82) is 0 Å². The summed E-state index contributed by atoms with van der Waals surface area (Å²) < 4.78 is 0. The van der Waals surface area contributed by atoms with Crippen molar-refractivity contribution in [2.75, 3.05) is 12.4 Å². The summed E-state index contributed by atoms with van der Waals surface area (Å²) in [6.07, 6.45) is 2.97. The molecule has 0 unspecified atom stereocenters. The predicted molar refractivity (Wildman–Crippen MR) is 96.6 cm³/mol. The first kappa shape index (κ1) is 17.6. The highest BCUT2D eigenvalue weighted by molar-refractivity contribution is 7.09. The molecule has 2 aromatic heterocycles. The second kappa shape index (κ2) is 7.35. The highest BCUT2D eigenvalue weighted by Gasteiger charge is 2.35. The maximum atomic E-state index is 12.1. The van der Waals surface area contributed by atoms with Crippen molar-refractivity contribution >= 4 is 29.0 Å². The minimum absolute atomic E-state index is 0.0475. The number of aryl methyl sites for hydroxylation is 2.